The number of hydrogen-bond donors (Lipinski definition) is 6. The molecule has 1 aromatic carbocycles. The quantitative estimate of drug-likeness (QED) is 0.222. The zero-order valence-electron chi connectivity index (χ0n) is 19.3. The first-order chi connectivity index (χ1) is 15.9. The van der Waals surface area contributed by atoms with Crippen LogP contribution in [0, 0.1) is 5.92 Å². The van der Waals surface area contributed by atoms with E-state index in [2.05, 4.69) is 15.6 Å². The average molecular weight is 460 g/mol. The van der Waals surface area contributed by atoms with Gasteiger partial charge in [0.25, 0.3) is 0 Å². The molecule has 2 amide bonds. The Balaban J connectivity index is 2.03. The molecule has 2 rings (SSSR count). The van der Waals surface area contributed by atoms with Crippen molar-refractivity contribution >= 4 is 28.7 Å². The maximum atomic E-state index is 12.9. The summed E-state index contributed by atoms with van der Waals surface area (Å²) in [5, 5.41) is 15.9. The van der Waals surface area contributed by atoms with Crippen molar-refractivity contribution in [2.24, 2.45) is 17.4 Å². The standard InChI is InChI=1S/C24H37N5O4/c1-16(14-17-15-27-19-9-3-2-8-18(17)19)22(30)28-20(10-4-6-12-25)23(31)29-21(24(32)33)11-5-7-13-26/h2-3,8-9,15-16,20-21,27H,4-7,10-14,25-26H2,1H3,(H,28,30)(H,29,31)(H,32,33). The van der Waals surface area contributed by atoms with Gasteiger partial charge in [-0.3, -0.25) is 9.59 Å². The molecule has 0 aliphatic rings. The monoisotopic (exact) mass is 459 g/mol. The predicted molar refractivity (Wildman–Crippen MR) is 128 cm³/mol. The van der Waals surface area contributed by atoms with Gasteiger partial charge in [-0.25, -0.2) is 4.79 Å². The number of unbranched alkanes of at least 4 members (excludes halogenated alkanes) is 2. The van der Waals surface area contributed by atoms with Crippen LogP contribution in [-0.4, -0.2) is 53.0 Å². The van der Waals surface area contributed by atoms with Crippen molar-refractivity contribution in [3.63, 3.8) is 0 Å². The number of para-hydroxylation sites is 1. The SMILES string of the molecule is CC(Cc1c[nH]c2ccccc12)C(=O)NC(CCCCN)C(=O)NC(CCCCN)C(=O)O. The van der Waals surface area contributed by atoms with Crippen LogP contribution in [0.25, 0.3) is 10.9 Å². The van der Waals surface area contributed by atoms with Gasteiger partial charge < -0.3 is 32.2 Å². The number of aromatic nitrogens is 1. The lowest BCUT2D eigenvalue weighted by atomic mass is 9.98. The fourth-order valence-electron chi connectivity index (χ4n) is 3.82. The van der Waals surface area contributed by atoms with Crippen molar-refractivity contribution in [1.29, 1.82) is 0 Å². The van der Waals surface area contributed by atoms with E-state index in [9.17, 15) is 19.5 Å². The van der Waals surface area contributed by atoms with Crippen LogP contribution in [0.3, 0.4) is 0 Å². The third kappa shape index (κ3) is 8.18. The summed E-state index contributed by atoms with van der Waals surface area (Å²) in [6, 6.07) is 6.06. The number of hydrogen-bond acceptors (Lipinski definition) is 5. The number of carboxylic acids is 1. The van der Waals surface area contributed by atoms with E-state index in [1.54, 1.807) is 0 Å². The minimum atomic E-state index is -1.10. The highest BCUT2D eigenvalue weighted by Gasteiger charge is 2.27. The maximum absolute atomic E-state index is 12.9. The highest BCUT2D eigenvalue weighted by Crippen LogP contribution is 2.21. The van der Waals surface area contributed by atoms with Gasteiger partial charge in [-0.15, -0.1) is 0 Å². The van der Waals surface area contributed by atoms with Gasteiger partial charge in [0.05, 0.1) is 0 Å². The van der Waals surface area contributed by atoms with Gasteiger partial charge in [-0.05, 0) is 69.7 Å². The Morgan fingerprint density at radius 2 is 1.55 bits per heavy atom. The lowest BCUT2D eigenvalue weighted by molar-refractivity contribution is -0.142. The molecule has 1 aromatic heterocycles. The Kier molecular flexibility index (Phi) is 10.9. The molecule has 0 bridgehead atoms. The molecular formula is C24H37N5O4. The molecule has 0 fully saturated rings. The number of carbonyl (C=O) groups excluding carboxylic acids is 2. The van der Waals surface area contributed by atoms with E-state index in [1.807, 2.05) is 37.4 Å². The van der Waals surface area contributed by atoms with Crippen LogP contribution in [0.1, 0.15) is 51.0 Å². The van der Waals surface area contributed by atoms with Gasteiger partial charge in [0.15, 0.2) is 0 Å². The average Bonchev–Trinajstić information content (AvgIpc) is 3.20. The molecule has 9 nitrogen and oxygen atoms in total. The second kappa shape index (κ2) is 13.6. The van der Waals surface area contributed by atoms with Crippen LogP contribution in [0.5, 0.6) is 0 Å². The summed E-state index contributed by atoms with van der Waals surface area (Å²) in [5.74, 6) is -2.20. The van der Waals surface area contributed by atoms with Gasteiger partial charge >= 0.3 is 5.97 Å². The highest BCUT2D eigenvalue weighted by molar-refractivity contribution is 5.91. The second-order valence-corrected chi connectivity index (χ2v) is 8.49. The first kappa shape index (κ1) is 26.3. The number of fused-ring (bicyclic) bond motifs is 1. The van der Waals surface area contributed by atoms with Crippen LogP contribution in [0.4, 0.5) is 0 Å². The van der Waals surface area contributed by atoms with Gasteiger partial charge in [0, 0.05) is 23.0 Å². The summed E-state index contributed by atoms with van der Waals surface area (Å²) in [6.07, 6.45) is 5.74. The van der Waals surface area contributed by atoms with E-state index in [1.165, 1.54) is 0 Å². The van der Waals surface area contributed by atoms with E-state index in [0.29, 0.717) is 58.0 Å². The number of nitrogens with two attached hydrogens (primary N) is 2. The molecule has 9 heteroatoms. The van der Waals surface area contributed by atoms with Gasteiger partial charge in [-0.2, -0.15) is 0 Å². The fraction of sp³-hybridized carbons (Fsp3) is 0.542. The number of amides is 2. The minimum absolute atomic E-state index is 0.247. The first-order valence-corrected chi connectivity index (χ1v) is 11.7. The molecule has 182 valence electrons. The predicted octanol–water partition coefficient (Wildman–Crippen LogP) is 1.66. The van der Waals surface area contributed by atoms with Gasteiger partial charge in [0.2, 0.25) is 11.8 Å². The number of nitrogens with one attached hydrogen (secondary N) is 3. The van der Waals surface area contributed by atoms with Crippen molar-refractivity contribution in [3.05, 3.63) is 36.0 Å². The Morgan fingerprint density at radius 1 is 0.939 bits per heavy atom. The van der Waals surface area contributed by atoms with Crippen LogP contribution in [0.2, 0.25) is 0 Å². The molecule has 0 radical (unpaired) electrons. The molecule has 0 aliphatic carbocycles. The fourth-order valence-corrected chi connectivity index (χ4v) is 3.82. The molecule has 8 N–H and O–H groups in total. The lowest BCUT2D eigenvalue weighted by Gasteiger charge is -2.23. The third-order valence-electron chi connectivity index (χ3n) is 5.79. The Morgan fingerprint density at radius 3 is 2.18 bits per heavy atom. The van der Waals surface area contributed by atoms with Crippen LogP contribution < -0.4 is 22.1 Å². The van der Waals surface area contributed by atoms with E-state index in [0.717, 1.165) is 16.5 Å². The van der Waals surface area contributed by atoms with E-state index in [-0.39, 0.29) is 11.8 Å². The number of aromatic amines is 1. The van der Waals surface area contributed by atoms with Gasteiger partial charge in [-0.1, -0.05) is 25.1 Å². The van der Waals surface area contributed by atoms with Crippen molar-refractivity contribution < 1.29 is 19.5 Å². The van der Waals surface area contributed by atoms with E-state index < -0.39 is 24.0 Å². The molecule has 2 aromatic rings. The molecule has 0 spiro atoms. The minimum Gasteiger partial charge on any atom is -0.480 e. The summed E-state index contributed by atoms with van der Waals surface area (Å²) in [7, 11) is 0. The van der Waals surface area contributed by atoms with Crippen molar-refractivity contribution in [2.45, 2.75) is 64.0 Å². The molecule has 0 saturated carbocycles. The Bertz CT molecular complexity index is 913. The summed E-state index contributed by atoms with van der Waals surface area (Å²) < 4.78 is 0. The first-order valence-electron chi connectivity index (χ1n) is 11.7. The summed E-state index contributed by atoms with van der Waals surface area (Å²) in [4.78, 5) is 40.6. The van der Waals surface area contributed by atoms with E-state index in [4.69, 9.17) is 11.5 Å². The largest absolute Gasteiger partial charge is 0.480 e. The summed E-state index contributed by atoms with van der Waals surface area (Å²) in [5.41, 5.74) is 13.1. The Labute approximate surface area is 194 Å². The number of rotatable bonds is 15. The number of benzene rings is 1. The lowest BCUT2D eigenvalue weighted by Crippen LogP contribution is -2.52. The third-order valence-corrected chi connectivity index (χ3v) is 5.79. The molecule has 0 saturated heterocycles. The van der Waals surface area contributed by atoms with Crippen LogP contribution in [0.15, 0.2) is 30.5 Å². The van der Waals surface area contributed by atoms with Crippen molar-refractivity contribution in [1.82, 2.24) is 15.6 Å². The number of carbonyl (C=O) groups is 3. The molecule has 1 heterocycles. The molecule has 3 unspecified atom stereocenters. The van der Waals surface area contributed by atoms with Crippen molar-refractivity contribution in [2.75, 3.05) is 13.1 Å². The molecular weight excluding hydrogens is 422 g/mol. The maximum Gasteiger partial charge on any atom is 0.326 e. The van der Waals surface area contributed by atoms with Crippen molar-refractivity contribution in [3.8, 4) is 0 Å². The smallest absolute Gasteiger partial charge is 0.326 e. The topological polar surface area (TPSA) is 163 Å². The number of carboxylic acid groups (broad SMARTS) is 1. The molecule has 0 aliphatic heterocycles. The normalized spacial score (nSPS) is 13.9. The van der Waals surface area contributed by atoms with Gasteiger partial charge in [0.1, 0.15) is 12.1 Å². The van der Waals surface area contributed by atoms with Crippen LogP contribution in [-0.2, 0) is 20.8 Å². The molecule has 3 atom stereocenters. The number of aliphatic carboxylic acids is 1. The zero-order valence-corrected chi connectivity index (χ0v) is 19.3. The Hall–Kier alpha value is -2.91. The summed E-state index contributed by atoms with van der Waals surface area (Å²) in [6.45, 7) is 2.77. The summed E-state index contributed by atoms with van der Waals surface area (Å²) >= 11 is 0. The highest BCUT2D eigenvalue weighted by atomic mass is 16.4. The van der Waals surface area contributed by atoms with E-state index >= 15 is 0 Å². The zero-order chi connectivity index (χ0) is 24.2. The second-order valence-electron chi connectivity index (χ2n) is 8.49. The molecule has 33 heavy (non-hydrogen) atoms. The number of H-pyrrole nitrogens is 1. The van der Waals surface area contributed by atoms with Crippen LogP contribution >= 0.6 is 0 Å².